The number of para-hydroxylation sites is 8. The Morgan fingerprint density at radius 2 is 0.490 bits per heavy atom. The third kappa shape index (κ3) is 28.3. The summed E-state index contributed by atoms with van der Waals surface area (Å²) in [4.78, 5) is 49.5. The molecular formula is C110H94Al10N12O17. The second kappa shape index (κ2) is 53.6. The topological polar surface area (TPSA) is 314 Å². The molecule has 0 aliphatic rings. The first-order chi connectivity index (χ1) is 72.5. The lowest BCUT2D eigenvalue weighted by atomic mass is 10.1. The fourth-order valence-corrected chi connectivity index (χ4v) is 22.7. The molecule has 0 bridgehead atoms. The number of rotatable bonds is 34. The van der Waals surface area contributed by atoms with Gasteiger partial charge in [-0.3, -0.25) is 4.98 Å². The lowest BCUT2D eigenvalue weighted by Crippen LogP contribution is -2.16. The number of benzene rings is 10. The molecule has 10 heterocycles. The van der Waals surface area contributed by atoms with Crippen molar-refractivity contribution >= 4 is 274 Å². The Hall–Kier alpha value is -12.0. The highest BCUT2D eigenvalue weighted by Crippen LogP contribution is 2.39. The number of hydrogen-bond donors (Lipinski definition) is 0. The Labute approximate surface area is 931 Å². The van der Waals surface area contributed by atoms with Crippen LogP contribution in [0.15, 0.2) is 255 Å². The van der Waals surface area contributed by atoms with E-state index >= 15 is 0 Å². The normalized spacial score (nSPS) is 10.7. The van der Waals surface area contributed by atoms with Gasteiger partial charge >= 0.3 is 159 Å². The first kappa shape index (κ1) is 110. The van der Waals surface area contributed by atoms with Crippen molar-refractivity contribution in [1.82, 2.24) is 49.8 Å². The van der Waals surface area contributed by atoms with E-state index in [-0.39, 0.29) is 0 Å². The number of pyridine rings is 10. The van der Waals surface area contributed by atoms with Crippen LogP contribution in [0.25, 0.3) is 114 Å². The molecule has 20 aromatic rings. The number of hydrogen-bond acceptors (Lipinski definition) is 28. The third-order valence-electron chi connectivity index (χ3n) is 23.4. The summed E-state index contributed by atoms with van der Waals surface area (Å²) in [7, 11) is 3.30. The van der Waals surface area contributed by atoms with Gasteiger partial charge in [-0.25, -0.2) is 49.7 Å². The van der Waals surface area contributed by atoms with Crippen molar-refractivity contribution in [3.05, 3.63) is 351 Å². The summed E-state index contributed by atoms with van der Waals surface area (Å²) < 4.78 is 98.4. The SMILES string of the molecule is CCc1cc(C)nc2c([O][Al][O][Al][O]c3cccc4c(CC)cc(C)nc34)cccc12.COc1cc(C)nc2c([O][Al][O][Al][O]c3cccc4c(OC)cc(C)nc34)cccc12.Cc1cc(C)c2cccc([O][Al][O][Al][O]c3cccc4c(C)cc(C)nc34)c2n1.Cc1ccc2cccc([O][Al][O][Al][O]c3cccc4ccc(C)nc34)c2n1.[C-]#[N+]c1ccc([O][Al][O][Al][O]c2ccc(C#N)c3ccc(C)nc23)c2nc(C)ccc12. The number of aryl methyl sites for hydroxylation is 14. The molecule has 0 atom stereocenters. The lowest BCUT2D eigenvalue weighted by Gasteiger charge is -2.14. The van der Waals surface area contributed by atoms with E-state index in [1.54, 1.807) is 38.5 Å². The van der Waals surface area contributed by atoms with E-state index in [1.165, 1.54) is 22.3 Å². The summed E-state index contributed by atoms with van der Waals surface area (Å²) >= 11 is -7.34. The van der Waals surface area contributed by atoms with Crippen LogP contribution in [-0.4, -0.2) is 223 Å². The average Bonchev–Trinajstić information content (AvgIpc) is 0.797. The van der Waals surface area contributed by atoms with Gasteiger partial charge in [-0.15, -0.1) is 0 Å². The van der Waals surface area contributed by atoms with Crippen molar-refractivity contribution < 1.29 is 61.6 Å². The number of nitriles is 1. The van der Waals surface area contributed by atoms with Crippen LogP contribution in [0.3, 0.4) is 0 Å². The largest absolute Gasteiger partial charge is 0.743 e. The van der Waals surface area contributed by atoms with Crippen LogP contribution in [0.5, 0.6) is 69.0 Å². The van der Waals surface area contributed by atoms with Crippen LogP contribution in [0.4, 0.5) is 5.69 Å². The van der Waals surface area contributed by atoms with E-state index in [1.807, 2.05) is 251 Å². The molecule has 726 valence electrons. The zero-order valence-electron chi connectivity index (χ0n) is 84.7. The molecule has 0 aliphatic heterocycles. The minimum Gasteiger partial charge on any atom is -0.626 e. The molecule has 0 fully saturated rings. The molecule has 0 amide bonds. The molecule has 10 radical (unpaired) electrons. The summed E-state index contributed by atoms with van der Waals surface area (Å²) in [6.45, 7) is 35.4. The average molecular weight is 2130 g/mol. The van der Waals surface area contributed by atoms with Crippen molar-refractivity contribution in [1.29, 1.82) is 5.26 Å². The molecule has 0 spiro atoms. The summed E-state index contributed by atoms with van der Waals surface area (Å²) in [5.74, 6) is 8.56. The molecule has 10 aromatic carbocycles. The van der Waals surface area contributed by atoms with Gasteiger partial charge in [0.1, 0.15) is 119 Å². The highest BCUT2D eigenvalue weighted by molar-refractivity contribution is 6.38. The van der Waals surface area contributed by atoms with Crippen molar-refractivity contribution in [3.63, 3.8) is 0 Å². The Kier molecular flexibility index (Phi) is 39.5. The summed E-state index contributed by atoms with van der Waals surface area (Å²) in [5.41, 5.74) is 23.4. The third-order valence-corrected chi connectivity index (χ3v) is 31.3. The van der Waals surface area contributed by atoms with Crippen LogP contribution in [0, 0.1) is 101 Å². The molecule has 39 heteroatoms. The van der Waals surface area contributed by atoms with E-state index in [0.717, 1.165) is 214 Å². The van der Waals surface area contributed by atoms with Crippen LogP contribution < -0.4 is 47.4 Å². The molecular weight excluding hydrogens is 2030 g/mol. The fraction of sp³-hybridized carbons (Fsp3) is 0.164. The number of nitrogens with zero attached hydrogens (tertiary/aromatic N) is 12. The first-order valence-electron chi connectivity index (χ1n) is 47.4. The Balaban J connectivity index is 0.000000133. The maximum atomic E-state index is 9.30. The van der Waals surface area contributed by atoms with Crippen molar-refractivity contribution in [2.75, 3.05) is 14.2 Å². The van der Waals surface area contributed by atoms with Crippen LogP contribution in [0.1, 0.15) is 98.6 Å². The summed E-state index contributed by atoms with van der Waals surface area (Å²) in [6.07, 6.45) is 1.92. The van der Waals surface area contributed by atoms with Gasteiger partial charge in [0.2, 0.25) is 0 Å². The Morgan fingerprint density at radius 1 is 0.242 bits per heavy atom. The number of fused-ring (bicyclic) bond motifs is 10. The lowest BCUT2D eigenvalue weighted by molar-refractivity contribution is 0.415. The smallest absolute Gasteiger partial charge is 0.626 e. The van der Waals surface area contributed by atoms with Gasteiger partial charge in [0.25, 0.3) is 0 Å². The zero-order valence-corrected chi connectivity index (χ0v) is 96.3. The molecule has 20 rings (SSSR count). The number of ether oxygens (including phenoxy) is 2. The molecule has 0 saturated carbocycles. The zero-order chi connectivity index (χ0) is 104. The monoisotopic (exact) mass is 2120 g/mol. The molecule has 10 aromatic heterocycles. The molecule has 0 N–H and O–H groups in total. The Morgan fingerprint density at radius 3 is 0.819 bits per heavy atom. The molecule has 0 saturated heterocycles. The highest BCUT2D eigenvalue weighted by Gasteiger charge is 2.23. The van der Waals surface area contributed by atoms with Gasteiger partial charge < -0.3 is 61.6 Å². The van der Waals surface area contributed by atoms with E-state index < -0.39 is 159 Å². The van der Waals surface area contributed by atoms with Crippen LogP contribution >= 0.6 is 0 Å². The molecule has 0 unspecified atom stereocenters. The second-order valence-corrected chi connectivity index (χ2v) is 43.8. The number of methoxy groups -OCH3 is 2. The van der Waals surface area contributed by atoms with Crippen LogP contribution in [0.2, 0.25) is 0 Å². The predicted molar refractivity (Wildman–Crippen MR) is 586 cm³/mol. The van der Waals surface area contributed by atoms with Gasteiger partial charge in [0, 0.05) is 123 Å². The minimum atomic E-state index is -0.831. The molecule has 149 heavy (non-hydrogen) atoms. The van der Waals surface area contributed by atoms with Gasteiger partial charge in [-0.2, -0.15) is 5.26 Å². The Bertz CT molecular complexity index is 7710. The summed E-state index contributed by atoms with van der Waals surface area (Å²) in [6, 6.07) is 84.3. The van der Waals surface area contributed by atoms with Crippen molar-refractivity contribution in [3.8, 4) is 75.1 Å². The van der Waals surface area contributed by atoms with Gasteiger partial charge in [-0.1, -0.05) is 123 Å². The highest BCUT2D eigenvalue weighted by atomic mass is 27.3. The predicted octanol–water partition coefficient (Wildman–Crippen LogP) is 21.9. The van der Waals surface area contributed by atoms with Gasteiger partial charge in [0.05, 0.1) is 37.9 Å². The van der Waals surface area contributed by atoms with E-state index in [0.29, 0.717) is 45.3 Å². The summed E-state index contributed by atoms with van der Waals surface area (Å²) in [5, 5.41) is 19.2. The quantitative estimate of drug-likeness (QED) is 0.0205. The van der Waals surface area contributed by atoms with Crippen molar-refractivity contribution in [2.45, 2.75) is 110 Å². The second-order valence-electron chi connectivity index (χ2n) is 34.1. The standard InChI is InChI=1S/2C12H13NO.2C11H8N2O.2C11H11NO2.2C11H11NO.2C10H9NO.10Al.5O/c2*1-3-9-7-8(2)13-12-10(9)5-4-6-11(12)14;1-7-3-4-8-9(12-2)5-6-10(14)11(8)13-7;1-7-2-4-9-8(6-12)3-5-10(14)11(9)13-7;2*1-7-6-10(14-2)8-4-3-5-9(13)11(8)12-7;2*1-7-6-8(2)12-11-9(7)4-3-5-10(11)13;2*1-7-5-6-8-3-2-4-9(12)10(8)11-7;;;;;;;;;;;;;;;/h2*4-7,14H,3H2,1-2H3;3-6,14H,1H3;2-5,14H,1H3;2*3-6,13H,1-2H3;2*3-6,13H,1-2H3;2*2-6,12H,1H3;;;;;;;;;;;;;;;/q;;;;;;;;;;10*+1;;;;;/p-10. The van der Waals surface area contributed by atoms with Crippen LogP contribution in [-0.2, 0) is 27.0 Å². The maximum Gasteiger partial charge on any atom is 0.743 e. The fourth-order valence-electron chi connectivity index (χ4n) is 16.6. The minimum absolute atomic E-state index is 0.537. The van der Waals surface area contributed by atoms with E-state index in [2.05, 4.69) is 137 Å². The van der Waals surface area contributed by atoms with E-state index in [4.69, 9.17) is 68.1 Å². The van der Waals surface area contributed by atoms with E-state index in [9.17, 15) is 5.26 Å². The molecule has 0 aliphatic carbocycles. The van der Waals surface area contributed by atoms with Gasteiger partial charge in [-0.05, 0) is 252 Å². The molecule has 29 nitrogen and oxygen atoms in total. The van der Waals surface area contributed by atoms with Gasteiger partial charge in [0.15, 0.2) is 5.69 Å². The first-order valence-corrected chi connectivity index (χ1v) is 56.8. The maximum absolute atomic E-state index is 9.30. The van der Waals surface area contributed by atoms with Crippen molar-refractivity contribution in [2.24, 2.45) is 0 Å². The number of aromatic nitrogens is 10.